The summed E-state index contributed by atoms with van der Waals surface area (Å²) in [7, 11) is 0. The lowest BCUT2D eigenvalue weighted by Gasteiger charge is -2.14. The van der Waals surface area contributed by atoms with Gasteiger partial charge in [-0.05, 0) is 36.6 Å². The molecule has 2 aromatic carbocycles. The number of benzene rings is 2. The molecule has 2 N–H and O–H groups in total. The minimum atomic E-state index is -1.06. The van der Waals surface area contributed by atoms with E-state index in [1.54, 1.807) is 18.2 Å². The predicted octanol–water partition coefficient (Wildman–Crippen LogP) is 2.99. The smallest absolute Gasteiger partial charge is 0.341 e. The maximum atomic E-state index is 12.2. The van der Waals surface area contributed by atoms with Crippen molar-refractivity contribution in [1.82, 2.24) is 5.32 Å². The van der Waals surface area contributed by atoms with Crippen molar-refractivity contribution in [1.29, 1.82) is 0 Å². The van der Waals surface area contributed by atoms with E-state index in [9.17, 15) is 9.59 Å². The number of hydrogen-bond acceptors (Lipinski definition) is 3. The zero-order chi connectivity index (χ0) is 17.5. The number of aryl methyl sites for hydroxylation is 1. The highest BCUT2D eigenvalue weighted by atomic mass is 16.5. The third kappa shape index (κ3) is 5.12. The van der Waals surface area contributed by atoms with E-state index in [0.717, 1.165) is 0 Å². The minimum Gasteiger partial charge on any atom is -0.482 e. The molecule has 0 aromatic heterocycles. The first kappa shape index (κ1) is 17.5. The quantitative estimate of drug-likeness (QED) is 0.820. The molecule has 0 aliphatic rings. The van der Waals surface area contributed by atoms with E-state index < -0.39 is 12.6 Å². The van der Waals surface area contributed by atoms with Crippen LogP contribution in [-0.4, -0.2) is 30.1 Å². The largest absolute Gasteiger partial charge is 0.482 e. The number of amides is 1. The molecule has 0 saturated heterocycles. The van der Waals surface area contributed by atoms with Crippen LogP contribution in [0.2, 0.25) is 0 Å². The molecule has 126 valence electrons. The molecular weight excluding hydrogens is 306 g/mol. The first-order chi connectivity index (χ1) is 11.5. The van der Waals surface area contributed by atoms with Crippen molar-refractivity contribution in [3.63, 3.8) is 0 Å². The number of aliphatic carboxylic acids is 1. The summed E-state index contributed by atoms with van der Waals surface area (Å²) < 4.78 is 5.08. The Labute approximate surface area is 141 Å². The van der Waals surface area contributed by atoms with Crippen molar-refractivity contribution in [2.75, 3.05) is 13.2 Å². The molecule has 0 saturated carbocycles. The van der Waals surface area contributed by atoms with Crippen LogP contribution in [0.5, 0.6) is 5.75 Å². The van der Waals surface area contributed by atoms with Gasteiger partial charge in [-0.2, -0.15) is 0 Å². The Morgan fingerprint density at radius 1 is 1.17 bits per heavy atom. The molecule has 0 radical (unpaired) electrons. The second-order valence-corrected chi connectivity index (χ2v) is 5.73. The maximum Gasteiger partial charge on any atom is 0.341 e. The van der Waals surface area contributed by atoms with E-state index >= 15 is 0 Å². The van der Waals surface area contributed by atoms with Gasteiger partial charge in [0.2, 0.25) is 0 Å². The number of hydrogen-bond donors (Lipinski definition) is 2. The third-order valence-electron chi connectivity index (χ3n) is 3.67. The van der Waals surface area contributed by atoms with E-state index in [0.29, 0.717) is 17.9 Å². The number of carboxylic acid groups (broad SMARTS) is 1. The van der Waals surface area contributed by atoms with E-state index in [2.05, 4.69) is 36.5 Å². The van der Waals surface area contributed by atoms with Gasteiger partial charge >= 0.3 is 5.97 Å². The maximum absolute atomic E-state index is 12.2. The molecular formula is C19H21NO4. The highest BCUT2D eigenvalue weighted by Gasteiger charge is 2.10. The summed E-state index contributed by atoms with van der Waals surface area (Å²) in [6.45, 7) is 4.17. The van der Waals surface area contributed by atoms with Crippen LogP contribution in [0.15, 0.2) is 48.5 Å². The first-order valence-electron chi connectivity index (χ1n) is 7.75. The molecule has 24 heavy (non-hydrogen) atoms. The Bertz CT molecular complexity index is 710. The van der Waals surface area contributed by atoms with Gasteiger partial charge in [0.05, 0.1) is 0 Å². The summed E-state index contributed by atoms with van der Waals surface area (Å²) >= 11 is 0. The van der Waals surface area contributed by atoms with Crippen LogP contribution >= 0.6 is 0 Å². The predicted molar refractivity (Wildman–Crippen MR) is 91.5 cm³/mol. The van der Waals surface area contributed by atoms with Crippen molar-refractivity contribution in [2.24, 2.45) is 0 Å². The molecule has 0 bridgehead atoms. The Morgan fingerprint density at radius 2 is 1.88 bits per heavy atom. The second kappa shape index (κ2) is 8.15. The molecule has 0 spiro atoms. The molecule has 0 aliphatic heterocycles. The lowest BCUT2D eigenvalue weighted by atomic mass is 10.00. The minimum absolute atomic E-state index is 0.195. The molecule has 5 heteroatoms. The van der Waals surface area contributed by atoms with Crippen LogP contribution in [0.1, 0.15) is 34.3 Å². The van der Waals surface area contributed by atoms with Crippen LogP contribution in [0.25, 0.3) is 0 Å². The highest BCUT2D eigenvalue weighted by molar-refractivity contribution is 5.94. The van der Waals surface area contributed by atoms with Crippen LogP contribution < -0.4 is 10.1 Å². The van der Waals surface area contributed by atoms with Gasteiger partial charge in [0.25, 0.3) is 5.91 Å². The summed E-state index contributed by atoms with van der Waals surface area (Å²) in [6, 6.07) is 14.7. The monoisotopic (exact) mass is 327 g/mol. The fourth-order valence-electron chi connectivity index (χ4n) is 2.23. The molecule has 1 amide bonds. The number of ether oxygens (including phenoxy) is 1. The van der Waals surface area contributed by atoms with Gasteiger partial charge in [0, 0.05) is 12.1 Å². The zero-order valence-corrected chi connectivity index (χ0v) is 13.8. The van der Waals surface area contributed by atoms with E-state index in [4.69, 9.17) is 9.84 Å². The van der Waals surface area contributed by atoms with E-state index in [1.165, 1.54) is 17.2 Å². The van der Waals surface area contributed by atoms with Crippen LogP contribution in [-0.2, 0) is 4.79 Å². The van der Waals surface area contributed by atoms with Gasteiger partial charge in [0.1, 0.15) is 5.75 Å². The highest BCUT2D eigenvalue weighted by Crippen LogP contribution is 2.16. The van der Waals surface area contributed by atoms with Crippen molar-refractivity contribution < 1.29 is 19.4 Å². The van der Waals surface area contributed by atoms with Gasteiger partial charge in [-0.15, -0.1) is 0 Å². The molecule has 0 fully saturated rings. The molecule has 2 rings (SSSR count). The lowest BCUT2D eigenvalue weighted by Crippen LogP contribution is -2.27. The number of nitrogens with one attached hydrogen (secondary N) is 1. The SMILES string of the molecule is Cc1ccc(C(C)CNC(=O)c2cccc(OCC(=O)O)c2)cc1. The third-order valence-corrected chi connectivity index (χ3v) is 3.67. The van der Waals surface area contributed by atoms with Gasteiger partial charge < -0.3 is 15.2 Å². The van der Waals surface area contributed by atoms with Crippen molar-refractivity contribution >= 4 is 11.9 Å². The normalized spacial score (nSPS) is 11.6. The van der Waals surface area contributed by atoms with E-state index in [1.807, 2.05) is 6.92 Å². The Balaban J connectivity index is 1.93. The number of carbonyl (C=O) groups is 2. The molecule has 0 aliphatic carbocycles. The van der Waals surface area contributed by atoms with Crippen molar-refractivity contribution in [3.05, 3.63) is 65.2 Å². The van der Waals surface area contributed by atoms with Crippen LogP contribution in [0, 0.1) is 6.92 Å². The molecule has 2 aromatic rings. The van der Waals surface area contributed by atoms with Crippen molar-refractivity contribution in [3.8, 4) is 5.75 Å². The van der Waals surface area contributed by atoms with Gasteiger partial charge in [-0.1, -0.05) is 42.8 Å². The average molecular weight is 327 g/mol. The summed E-state index contributed by atoms with van der Waals surface area (Å²) in [5.74, 6) is -0.718. The lowest BCUT2D eigenvalue weighted by molar-refractivity contribution is -0.139. The fraction of sp³-hybridized carbons (Fsp3) is 0.263. The topological polar surface area (TPSA) is 75.6 Å². The van der Waals surface area contributed by atoms with Crippen molar-refractivity contribution in [2.45, 2.75) is 19.8 Å². The molecule has 1 atom stereocenters. The van der Waals surface area contributed by atoms with Gasteiger partial charge in [0.15, 0.2) is 6.61 Å². The standard InChI is InChI=1S/C19H21NO4/c1-13-6-8-15(9-7-13)14(2)11-20-19(23)16-4-3-5-17(10-16)24-12-18(21)22/h3-10,14H,11-12H2,1-2H3,(H,20,23)(H,21,22). The number of carboxylic acids is 1. The van der Waals surface area contributed by atoms with E-state index in [-0.39, 0.29) is 11.8 Å². The molecule has 1 unspecified atom stereocenters. The summed E-state index contributed by atoms with van der Waals surface area (Å²) in [4.78, 5) is 22.8. The summed E-state index contributed by atoms with van der Waals surface area (Å²) in [6.07, 6.45) is 0. The number of rotatable bonds is 7. The van der Waals surface area contributed by atoms with Crippen LogP contribution in [0.3, 0.4) is 0 Å². The molecule has 0 heterocycles. The fourth-order valence-corrected chi connectivity index (χ4v) is 2.23. The Morgan fingerprint density at radius 3 is 2.54 bits per heavy atom. The Hall–Kier alpha value is -2.82. The van der Waals surface area contributed by atoms with Crippen LogP contribution in [0.4, 0.5) is 0 Å². The first-order valence-corrected chi connectivity index (χ1v) is 7.75. The van der Waals surface area contributed by atoms with Gasteiger partial charge in [-0.25, -0.2) is 4.79 Å². The molecule has 5 nitrogen and oxygen atoms in total. The zero-order valence-electron chi connectivity index (χ0n) is 13.8. The summed E-state index contributed by atoms with van der Waals surface area (Å²) in [5.41, 5.74) is 2.81. The Kier molecular flexibility index (Phi) is 5.95. The average Bonchev–Trinajstić information content (AvgIpc) is 2.58. The summed E-state index contributed by atoms with van der Waals surface area (Å²) in [5, 5.41) is 11.5. The van der Waals surface area contributed by atoms with Gasteiger partial charge in [-0.3, -0.25) is 4.79 Å². The number of carbonyl (C=O) groups excluding carboxylic acids is 1. The second-order valence-electron chi connectivity index (χ2n) is 5.73.